The minimum atomic E-state index is -1.94. The molecule has 0 aromatic carbocycles. The van der Waals surface area contributed by atoms with Gasteiger partial charge < -0.3 is 14.5 Å². The molecule has 0 aromatic heterocycles. The van der Waals surface area contributed by atoms with E-state index in [2.05, 4.69) is 95.5 Å². The van der Waals surface area contributed by atoms with Crippen LogP contribution in [-0.4, -0.2) is 32.7 Å². The van der Waals surface area contributed by atoms with Crippen LogP contribution in [0.15, 0.2) is 9.66 Å². The summed E-state index contributed by atoms with van der Waals surface area (Å²) in [5, 5.41) is 3.15. The van der Waals surface area contributed by atoms with Crippen LogP contribution < -0.4 is 5.32 Å². The van der Waals surface area contributed by atoms with E-state index in [1.165, 1.54) is 3.58 Å². The van der Waals surface area contributed by atoms with Crippen molar-refractivity contribution in [2.24, 2.45) is 11.8 Å². The van der Waals surface area contributed by atoms with E-state index in [-0.39, 0.29) is 35.3 Å². The van der Waals surface area contributed by atoms with E-state index in [1.807, 2.05) is 0 Å². The van der Waals surface area contributed by atoms with Crippen molar-refractivity contribution in [1.29, 1.82) is 0 Å². The zero-order valence-corrected chi connectivity index (χ0v) is 19.7. The first-order valence-electron chi connectivity index (χ1n) is 8.75. The molecule has 0 aliphatic carbocycles. The molecule has 140 valence electrons. The van der Waals surface area contributed by atoms with Gasteiger partial charge in [-0.15, -0.1) is 0 Å². The summed E-state index contributed by atoms with van der Waals surface area (Å²) in [5.74, 6) is 0.445. The number of hydrogen-bond acceptors (Lipinski definition) is 3. The molecule has 0 spiro atoms. The lowest BCUT2D eigenvalue weighted by atomic mass is 9.89. The Kier molecular flexibility index (Phi) is 7.39. The van der Waals surface area contributed by atoms with Crippen molar-refractivity contribution in [3.63, 3.8) is 0 Å². The number of nitrogens with one attached hydrogen (secondary N) is 1. The van der Waals surface area contributed by atoms with Gasteiger partial charge in [0.15, 0.2) is 8.32 Å². The molecule has 0 saturated carbocycles. The van der Waals surface area contributed by atoms with Crippen LogP contribution in [0.5, 0.6) is 0 Å². The van der Waals surface area contributed by atoms with Crippen LogP contribution in [0, 0.1) is 11.8 Å². The van der Waals surface area contributed by atoms with Crippen molar-refractivity contribution in [2.75, 3.05) is 0 Å². The molecule has 4 atom stereocenters. The summed E-state index contributed by atoms with van der Waals surface area (Å²) >= 11 is 2.30. The van der Waals surface area contributed by atoms with Crippen LogP contribution in [0.3, 0.4) is 0 Å². The summed E-state index contributed by atoms with van der Waals surface area (Å²) in [5.41, 5.74) is 0. The molecule has 1 saturated heterocycles. The van der Waals surface area contributed by atoms with Crippen LogP contribution in [-0.2, 0) is 9.16 Å². The fraction of sp³-hybridized carbons (Fsp3) is 0.833. The van der Waals surface area contributed by atoms with Crippen LogP contribution >= 0.6 is 22.6 Å². The molecule has 4 nitrogen and oxygen atoms in total. The number of alkyl carbamates (subject to hydrolysis) is 1. The summed E-state index contributed by atoms with van der Waals surface area (Å²) < 4.78 is 13.5. The highest BCUT2D eigenvalue weighted by Crippen LogP contribution is 2.39. The molecule has 1 N–H and O–H groups in total. The first-order chi connectivity index (χ1) is 10.8. The van der Waals surface area contributed by atoms with Gasteiger partial charge in [-0.05, 0) is 57.1 Å². The maximum Gasteiger partial charge on any atom is 0.407 e. The number of carbonyl (C=O) groups is 1. The SMILES string of the molecule is C/C(I)=C\[C@@H](C)[C@H]1OC(=O)N[C@@H]1[C@H](O[Si](C)(C)C(C)(C)C)C(C)C. The van der Waals surface area contributed by atoms with Crippen LogP contribution in [0.1, 0.15) is 48.5 Å². The van der Waals surface area contributed by atoms with Crippen molar-refractivity contribution in [1.82, 2.24) is 5.32 Å². The average molecular weight is 467 g/mol. The number of rotatable bonds is 6. The minimum absolute atomic E-state index is 0.0484. The molecule has 0 aromatic rings. The maximum absolute atomic E-state index is 11.9. The Labute approximate surface area is 162 Å². The van der Waals surface area contributed by atoms with E-state index in [0.29, 0.717) is 5.92 Å². The molecular formula is C18H34INO3Si. The molecule has 0 radical (unpaired) electrons. The molecule has 1 heterocycles. The number of cyclic esters (lactones) is 1. The van der Waals surface area contributed by atoms with Gasteiger partial charge in [0.05, 0.1) is 12.1 Å². The average Bonchev–Trinajstić information content (AvgIpc) is 2.75. The second-order valence-corrected chi connectivity index (χ2v) is 15.2. The molecule has 1 amide bonds. The predicted molar refractivity (Wildman–Crippen MR) is 111 cm³/mol. The smallest absolute Gasteiger partial charge is 0.407 e. The Hall–Kier alpha value is -0.0831. The van der Waals surface area contributed by atoms with Gasteiger partial charge in [0.1, 0.15) is 6.10 Å². The number of ether oxygens (including phenoxy) is 1. The standard InChI is InChI=1S/C18H34INO3Si/c1-11(2)15(23-24(8,9)18(5,6)7)14-16(22-17(21)20-14)12(3)10-13(4)19/h10-12,14-16H,1-9H3,(H,20,21)/b13-10+/t12-,14-,15-,16-/m1/s1. The highest BCUT2D eigenvalue weighted by atomic mass is 127. The van der Waals surface area contributed by atoms with E-state index in [4.69, 9.17) is 9.16 Å². The van der Waals surface area contributed by atoms with Gasteiger partial charge in [-0.1, -0.05) is 47.6 Å². The summed E-state index contributed by atoms with van der Waals surface area (Å²) in [6.45, 7) is 19.7. The summed E-state index contributed by atoms with van der Waals surface area (Å²) in [4.78, 5) is 11.9. The molecule has 24 heavy (non-hydrogen) atoms. The molecule has 1 rings (SSSR count). The third-order valence-corrected chi connectivity index (χ3v) is 9.97. The zero-order chi connectivity index (χ0) is 18.9. The molecule has 0 bridgehead atoms. The second-order valence-electron chi connectivity index (χ2n) is 8.74. The molecule has 6 heteroatoms. The van der Waals surface area contributed by atoms with E-state index >= 15 is 0 Å². The molecular weight excluding hydrogens is 433 g/mol. The van der Waals surface area contributed by atoms with Crippen molar-refractivity contribution in [3.8, 4) is 0 Å². The molecule has 1 aliphatic heterocycles. The lowest BCUT2D eigenvalue weighted by Gasteiger charge is -2.43. The van der Waals surface area contributed by atoms with Crippen molar-refractivity contribution < 1.29 is 14.0 Å². The first kappa shape index (κ1) is 22.0. The fourth-order valence-electron chi connectivity index (χ4n) is 2.75. The van der Waals surface area contributed by atoms with E-state index in [9.17, 15) is 4.79 Å². The monoisotopic (exact) mass is 467 g/mol. The number of halogens is 1. The van der Waals surface area contributed by atoms with Crippen molar-refractivity contribution >= 4 is 37.0 Å². The Morgan fingerprint density at radius 3 is 2.29 bits per heavy atom. The Morgan fingerprint density at radius 2 is 1.88 bits per heavy atom. The van der Waals surface area contributed by atoms with Crippen LogP contribution in [0.25, 0.3) is 0 Å². The van der Waals surface area contributed by atoms with Gasteiger partial charge in [-0.3, -0.25) is 0 Å². The minimum Gasteiger partial charge on any atom is -0.443 e. The molecule has 0 unspecified atom stereocenters. The summed E-state index contributed by atoms with van der Waals surface area (Å²) in [6, 6.07) is -0.117. The third kappa shape index (κ3) is 5.46. The number of hydrogen-bond donors (Lipinski definition) is 1. The normalized spacial score (nSPS) is 25.5. The van der Waals surface area contributed by atoms with Gasteiger partial charge in [-0.2, -0.15) is 0 Å². The first-order valence-corrected chi connectivity index (χ1v) is 12.7. The highest BCUT2D eigenvalue weighted by Gasteiger charge is 2.47. The van der Waals surface area contributed by atoms with E-state index in [0.717, 1.165) is 0 Å². The predicted octanol–water partition coefficient (Wildman–Crippen LogP) is 5.48. The fourth-order valence-corrected chi connectivity index (χ4v) is 4.77. The van der Waals surface area contributed by atoms with Gasteiger partial charge >= 0.3 is 6.09 Å². The second kappa shape index (κ2) is 8.08. The number of carbonyl (C=O) groups excluding carboxylic acids is 1. The Bertz CT molecular complexity index is 481. The van der Waals surface area contributed by atoms with E-state index < -0.39 is 8.32 Å². The van der Waals surface area contributed by atoms with Crippen molar-refractivity contribution in [2.45, 2.75) is 84.8 Å². The highest BCUT2D eigenvalue weighted by molar-refractivity contribution is 14.1. The van der Waals surface area contributed by atoms with Gasteiger partial charge in [0.25, 0.3) is 0 Å². The maximum atomic E-state index is 11.9. The quantitative estimate of drug-likeness (QED) is 0.416. The molecule has 1 aliphatic rings. The number of allylic oxidation sites excluding steroid dienone is 1. The lowest BCUT2D eigenvalue weighted by molar-refractivity contribution is 0.0440. The molecule has 1 fully saturated rings. The topological polar surface area (TPSA) is 47.6 Å². The third-order valence-electron chi connectivity index (χ3n) is 5.14. The zero-order valence-electron chi connectivity index (χ0n) is 16.6. The van der Waals surface area contributed by atoms with E-state index in [1.54, 1.807) is 0 Å². The van der Waals surface area contributed by atoms with Gasteiger partial charge in [0, 0.05) is 5.92 Å². The summed E-state index contributed by atoms with van der Waals surface area (Å²) in [7, 11) is -1.94. The van der Waals surface area contributed by atoms with Gasteiger partial charge in [-0.25, -0.2) is 4.79 Å². The largest absolute Gasteiger partial charge is 0.443 e. The summed E-state index contributed by atoms with van der Waals surface area (Å²) in [6.07, 6.45) is 1.58. The van der Waals surface area contributed by atoms with Crippen LogP contribution in [0.2, 0.25) is 18.1 Å². The van der Waals surface area contributed by atoms with Crippen LogP contribution in [0.4, 0.5) is 4.79 Å². The Balaban J connectivity index is 3.09. The van der Waals surface area contributed by atoms with Crippen molar-refractivity contribution in [3.05, 3.63) is 9.66 Å². The Morgan fingerprint density at radius 1 is 1.33 bits per heavy atom. The number of amides is 1. The van der Waals surface area contributed by atoms with Gasteiger partial charge in [0.2, 0.25) is 0 Å². The lowest BCUT2D eigenvalue weighted by Crippen LogP contribution is -2.54.